The fourth-order valence-corrected chi connectivity index (χ4v) is 11.1. The number of fused-ring (bicyclic) bond motifs is 7. The van der Waals surface area contributed by atoms with Crippen molar-refractivity contribution in [1.82, 2.24) is 4.57 Å². The van der Waals surface area contributed by atoms with E-state index in [0.717, 1.165) is 54.5 Å². The highest BCUT2D eigenvalue weighted by molar-refractivity contribution is 7.86. The van der Waals surface area contributed by atoms with Crippen molar-refractivity contribution in [3.63, 3.8) is 0 Å². The van der Waals surface area contributed by atoms with Crippen molar-refractivity contribution in [2.45, 2.75) is 0 Å². The van der Waals surface area contributed by atoms with Gasteiger partial charge in [-0.1, -0.05) is 127 Å². The minimum atomic E-state index is -3.15. The Labute approximate surface area is 259 Å². The van der Waals surface area contributed by atoms with Crippen LogP contribution in [-0.2, 0) is 4.57 Å². The molecule has 2 aromatic heterocycles. The van der Waals surface area contributed by atoms with Gasteiger partial charge in [-0.3, -0.25) is 0 Å². The zero-order valence-corrected chi connectivity index (χ0v) is 25.4. The van der Waals surface area contributed by atoms with Crippen molar-refractivity contribution in [1.29, 1.82) is 0 Å². The van der Waals surface area contributed by atoms with Crippen LogP contribution in [-0.4, -0.2) is 4.57 Å². The number of para-hydroxylation sites is 1. The Bertz CT molecular complexity index is 2400. The Morgan fingerprint density at radius 3 is 1.91 bits per heavy atom. The quantitative estimate of drug-likeness (QED) is 0.185. The lowest BCUT2D eigenvalue weighted by Crippen LogP contribution is -2.22. The highest BCUT2D eigenvalue weighted by atomic mass is 32.1. The Morgan fingerprint density at radius 2 is 1.14 bits per heavy atom. The van der Waals surface area contributed by atoms with Crippen LogP contribution < -0.4 is 15.9 Å². The third-order valence-corrected chi connectivity index (χ3v) is 13.2. The average molecular weight is 600 g/mol. The monoisotopic (exact) mass is 599 g/mol. The SMILES string of the molecule is O=P1(c2ccccc2)c2ccccc2-c2ccc3c4ccccc4n(-c4ccc(-c5ccc(-c6ccccc6)s5)cc4)c3c21. The molecule has 0 saturated carbocycles. The van der Waals surface area contributed by atoms with Crippen LogP contribution in [0.15, 0.2) is 158 Å². The summed E-state index contributed by atoms with van der Waals surface area (Å²) in [6.45, 7) is 0. The molecular formula is C40H26NOPS. The van der Waals surface area contributed by atoms with Crippen molar-refractivity contribution in [3.05, 3.63) is 158 Å². The maximum atomic E-state index is 15.7. The van der Waals surface area contributed by atoms with Crippen molar-refractivity contribution in [2.24, 2.45) is 0 Å². The average Bonchev–Trinajstić information content (AvgIpc) is 3.79. The fourth-order valence-electron chi connectivity index (χ4n) is 6.87. The maximum Gasteiger partial charge on any atom is 0.174 e. The molecule has 0 aliphatic carbocycles. The summed E-state index contributed by atoms with van der Waals surface area (Å²) in [5.74, 6) is 0. The second kappa shape index (κ2) is 9.79. The third kappa shape index (κ3) is 3.64. The van der Waals surface area contributed by atoms with E-state index in [1.807, 2.05) is 47.7 Å². The molecule has 2 nitrogen and oxygen atoms in total. The highest BCUT2D eigenvalue weighted by Gasteiger charge is 2.42. The largest absolute Gasteiger partial charge is 0.309 e. The molecule has 4 heteroatoms. The predicted molar refractivity (Wildman–Crippen MR) is 188 cm³/mol. The molecule has 1 aliphatic heterocycles. The van der Waals surface area contributed by atoms with Crippen molar-refractivity contribution in [3.8, 4) is 37.7 Å². The lowest BCUT2D eigenvalue weighted by atomic mass is 10.0. The summed E-state index contributed by atoms with van der Waals surface area (Å²) in [6, 6.07) is 55.0. The maximum absolute atomic E-state index is 15.7. The van der Waals surface area contributed by atoms with E-state index in [1.165, 1.54) is 20.9 Å². The van der Waals surface area contributed by atoms with E-state index in [4.69, 9.17) is 0 Å². The summed E-state index contributed by atoms with van der Waals surface area (Å²) in [7, 11) is -3.15. The molecule has 208 valence electrons. The second-order valence-corrected chi connectivity index (χ2v) is 15.0. The number of benzene rings is 6. The summed E-state index contributed by atoms with van der Waals surface area (Å²) in [4.78, 5) is 2.50. The normalized spacial score (nSPS) is 15.5. The number of hydrogen-bond donors (Lipinski definition) is 0. The van der Waals surface area contributed by atoms with E-state index in [1.54, 1.807) is 0 Å². The van der Waals surface area contributed by atoms with Crippen molar-refractivity contribution >= 4 is 56.2 Å². The first-order chi connectivity index (χ1) is 21.7. The van der Waals surface area contributed by atoms with Gasteiger partial charge < -0.3 is 9.13 Å². The van der Waals surface area contributed by atoms with Crippen LogP contribution in [0.5, 0.6) is 0 Å². The van der Waals surface area contributed by atoms with Gasteiger partial charge in [-0.25, -0.2) is 0 Å². The molecule has 6 aromatic carbocycles. The van der Waals surface area contributed by atoms with Gasteiger partial charge in [0.25, 0.3) is 0 Å². The molecule has 8 aromatic rings. The van der Waals surface area contributed by atoms with E-state index in [9.17, 15) is 0 Å². The number of aromatic nitrogens is 1. The Balaban J connectivity index is 1.28. The molecule has 0 spiro atoms. The molecule has 0 radical (unpaired) electrons. The number of nitrogens with zero attached hydrogens (tertiary/aromatic N) is 1. The molecule has 9 rings (SSSR count). The minimum absolute atomic E-state index is 0.873. The first-order valence-corrected chi connectivity index (χ1v) is 17.3. The Hall–Kier alpha value is -4.95. The number of rotatable bonds is 4. The van der Waals surface area contributed by atoms with Gasteiger partial charge >= 0.3 is 0 Å². The Morgan fingerprint density at radius 1 is 0.500 bits per heavy atom. The van der Waals surface area contributed by atoms with Gasteiger partial charge in [0.1, 0.15) is 0 Å². The van der Waals surface area contributed by atoms with Gasteiger partial charge in [0.05, 0.1) is 16.3 Å². The first kappa shape index (κ1) is 25.5. The van der Waals surface area contributed by atoms with Gasteiger partial charge in [0.2, 0.25) is 0 Å². The van der Waals surface area contributed by atoms with E-state index in [-0.39, 0.29) is 0 Å². The standard InChI is InChI=1S/C40H26NOPS/c42-43(30-13-5-2-6-14-30)36-18-10-8-16-32(36)34-24-23-33-31-15-7-9-17-35(31)41(39(33)40(34)43)29-21-19-28(20-22-29)38-26-25-37(44-38)27-11-3-1-4-12-27/h1-26H. The van der Waals surface area contributed by atoms with E-state index in [2.05, 4.69) is 126 Å². The minimum Gasteiger partial charge on any atom is -0.309 e. The predicted octanol–water partition coefficient (Wildman–Crippen LogP) is 9.80. The number of thiophene rings is 1. The molecule has 0 saturated heterocycles. The van der Waals surface area contributed by atoms with Gasteiger partial charge in [-0.15, -0.1) is 11.3 Å². The molecule has 0 fully saturated rings. The smallest absolute Gasteiger partial charge is 0.174 e. The van der Waals surface area contributed by atoms with Crippen LogP contribution >= 0.6 is 18.5 Å². The van der Waals surface area contributed by atoms with Gasteiger partial charge in [-0.05, 0) is 52.6 Å². The van der Waals surface area contributed by atoms with Gasteiger partial charge in [-0.2, -0.15) is 0 Å². The lowest BCUT2D eigenvalue weighted by Gasteiger charge is -2.18. The van der Waals surface area contributed by atoms with Crippen LogP contribution in [0.4, 0.5) is 0 Å². The molecule has 1 unspecified atom stereocenters. The topological polar surface area (TPSA) is 22.0 Å². The molecule has 0 N–H and O–H groups in total. The summed E-state index contributed by atoms with van der Waals surface area (Å²) >= 11 is 1.81. The van der Waals surface area contributed by atoms with E-state index < -0.39 is 7.14 Å². The molecule has 0 bridgehead atoms. The molecule has 1 atom stereocenters. The van der Waals surface area contributed by atoms with Crippen LogP contribution in [0.25, 0.3) is 59.5 Å². The molecule has 3 heterocycles. The fraction of sp³-hybridized carbons (Fsp3) is 0. The third-order valence-electron chi connectivity index (χ3n) is 8.85. The zero-order chi connectivity index (χ0) is 29.3. The van der Waals surface area contributed by atoms with Gasteiger partial charge in [0.15, 0.2) is 7.14 Å². The van der Waals surface area contributed by atoms with Crippen LogP contribution in [0.1, 0.15) is 0 Å². The molecule has 44 heavy (non-hydrogen) atoms. The molecule has 0 amide bonds. The summed E-state index contributed by atoms with van der Waals surface area (Å²) < 4.78 is 18.0. The molecule has 1 aliphatic rings. The lowest BCUT2D eigenvalue weighted by molar-refractivity contribution is 0.593. The van der Waals surface area contributed by atoms with Crippen molar-refractivity contribution in [2.75, 3.05) is 0 Å². The van der Waals surface area contributed by atoms with Crippen molar-refractivity contribution < 1.29 is 4.57 Å². The van der Waals surface area contributed by atoms with Crippen LogP contribution in [0, 0.1) is 0 Å². The highest BCUT2D eigenvalue weighted by Crippen LogP contribution is 2.54. The van der Waals surface area contributed by atoms with Crippen LogP contribution in [0.3, 0.4) is 0 Å². The molecular weight excluding hydrogens is 573 g/mol. The van der Waals surface area contributed by atoms with Crippen LogP contribution in [0.2, 0.25) is 0 Å². The van der Waals surface area contributed by atoms with E-state index >= 15 is 4.57 Å². The van der Waals surface area contributed by atoms with E-state index in [0.29, 0.717) is 0 Å². The zero-order valence-electron chi connectivity index (χ0n) is 23.7. The summed E-state index contributed by atoms with van der Waals surface area (Å²) in [6.07, 6.45) is 0. The van der Waals surface area contributed by atoms with Gasteiger partial charge in [0, 0.05) is 36.8 Å². The number of hydrogen-bond acceptors (Lipinski definition) is 2. The Kier molecular flexibility index (Phi) is 5.68. The summed E-state index contributed by atoms with van der Waals surface area (Å²) in [5, 5.41) is 5.02. The summed E-state index contributed by atoms with van der Waals surface area (Å²) in [5.41, 5.74) is 7.76. The first-order valence-electron chi connectivity index (χ1n) is 14.8. The second-order valence-electron chi connectivity index (χ2n) is 11.2.